The molecular weight excluding hydrogens is 288 g/mol. The van der Waals surface area contributed by atoms with Crippen LogP contribution in [0.4, 0.5) is 11.4 Å². The van der Waals surface area contributed by atoms with Gasteiger partial charge in [-0.1, -0.05) is 24.3 Å². The number of carbonyl (C=O) groups excluding carboxylic acids is 1. The predicted molar refractivity (Wildman–Crippen MR) is 82.8 cm³/mol. The molecule has 0 radical (unpaired) electrons. The average molecular weight is 304 g/mol. The minimum atomic E-state index is -3.80. The van der Waals surface area contributed by atoms with Gasteiger partial charge >= 0.3 is 0 Å². The van der Waals surface area contributed by atoms with Crippen LogP contribution in [0.25, 0.3) is 0 Å². The van der Waals surface area contributed by atoms with Gasteiger partial charge in [-0.3, -0.25) is 9.52 Å². The van der Waals surface area contributed by atoms with E-state index in [-0.39, 0.29) is 16.4 Å². The van der Waals surface area contributed by atoms with E-state index in [1.807, 2.05) is 0 Å². The number of nitrogens with two attached hydrogens (primary N) is 1. The minimum absolute atomic E-state index is 0.0539. The van der Waals surface area contributed by atoms with Crippen LogP contribution in [0.1, 0.15) is 22.8 Å². The monoisotopic (exact) mass is 304 g/mol. The fraction of sp³-hybridized carbons (Fsp3) is 0.133. The molecule has 0 spiro atoms. The lowest BCUT2D eigenvalue weighted by Gasteiger charge is -2.12. The van der Waals surface area contributed by atoms with Gasteiger partial charge in [-0.15, -0.1) is 0 Å². The zero-order valence-electron chi connectivity index (χ0n) is 11.8. The number of Topliss-reactive ketones (excluding diaryl/α,β-unsaturated/α-hetero) is 1. The van der Waals surface area contributed by atoms with Crippen molar-refractivity contribution in [2.24, 2.45) is 0 Å². The number of anilines is 2. The number of ketones is 1. The van der Waals surface area contributed by atoms with Gasteiger partial charge < -0.3 is 5.73 Å². The van der Waals surface area contributed by atoms with Crippen LogP contribution in [0, 0.1) is 6.92 Å². The quantitative estimate of drug-likeness (QED) is 0.671. The molecular formula is C15H16N2O3S. The van der Waals surface area contributed by atoms with E-state index in [1.54, 1.807) is 37.3 Å². The van der Waals surface area contributed by atoms with Gasteiger partial charge in [0.1, 0.15) is 4.90 Å². The Morgan fingerprint density at radius 1 is 1.14 bits per heavy atom. The number of nitrogen functional groups attached to an aromatic ring is 1. The summed E-state index contributed by atoms with van der Waals surface area (Å²) in [6, 6.07) is 11.2. The van der Waals surface area contributed by atoms with Crippen LogP contribution in [-0.2, 0) is 10.0 Å². The van der Waals surface area contributed by atoms with Crippen LogP contribution in [0.5, 0.6) is 0 Å². The highest BCUT2D eigenvalue weighted by Crippen LogP contribution is 2.25. The summed E-state index contributed by atoms with van der Waals surface area (Å²) in [6.45, 7) is 3.10. The molecule has 2 aromatic rings. The topological polar surface area (TPSA) is 89.3 Å². The van der Waals surface area contributed by atoms with E-state index in [1.165, 1.54) is 19.1 Å². The number of hydrogen-bond donors (Lipinski definition) is 2. The number of rotatable bonds is 4. The Morgan fingerprint density at radius 3 is 2.43 bits per heavy atom. The molecule has 0 unspecified atom stereocenters. The molecule has 6 heteroatoms. The fourth-order valence-corrected chi connectivity index (χ4v) is 3.46. The summed E-state index contributed by atoms with van der Waals surface area (Å²) in [5.74, 6) is -0.133. The Hall–Kier alpha value is -2.34. The average Bonchev–Trinajstić information content (AvgIpc) is 2.37. The Labute approximate surface area is 123 Å². The summed E-state index contributed by atoms with van der Waals surface area (Å²) >= 11 is 0. The van der Waals surface area contributed by atoms with Crippen molar-refractivity contribution < 1.29 is 13.2 Å². The molecule has 0 saturated carbocycles. The Balaban J connectivity index is 2.43. The lowest BCUT2D eigenvalue weighted by Crippen LogP contribution is -2.16. The van der Waals surface area contributed by atoms with Crippen molar-refractivity contribution in [3.8, 4) is 0 Å². The molecule has 2 rings (SSSR count). The molecule has 2 aromatic carbocycles. The van der Waals surface area contributed by atoms with E-state index in [0.717, 1.165) is 0 Å². The minimum Gasteiger partial charge on any atom is -0.398 e. The smallest absolute Gasteiger partial charge is 0.264 e. The van der Waals surface area contributed by atoms with Crippen LogP contribution < -0.4 is 10.5 Å². The van der Waals surface area contributed by atoms with Crippen molar-refractivity contribution in [2.75, 3.05) is 10.5 Å². The first-order chi connectivity index (χ1) is 9.81. The van der Waals surface area contributed by atoms with E-state index in [0.29, 0.717) is 16.8 Å². The van der Waals surface area contributed by atoms with Crippen LogP contribution in [0.15, 0.2) is 47.4 Å². The van der Waals surface area contributed by atoms with Crippen molar-refractivity contribution in [1.82, 2.24) is 0 Å². The molecule has 0 aliphatic rings. The lowest BCUT2D eigenvalue weighted by atomic mass is 10.1. The first kappa shape index (κ1) is 15.1. The Morgan fingerprint density at radius 2 is 1.81 bits per heavy atom. The molecule has 0 aliphatic carbocycles. The third kappa shape index (κ3) is 3.22. The van der Waals surface area contributed by atoms with Gasteiger partial charge in [-0.05, 0) is 37.6 Å². The predicted octanol–water partition coefficient (Wildman–Crippen LogP) is 2.58. The zero-order valence-corrected chi connectivity index (χ0v) is 12.6. The summed E-state index contributed by atoms with van der Waals surface area (Å²) in [5.41, 5.74) is 7.27. The molecule has 0 heterocycles. The Kier molecular flexibility index (Phi) is 3.99. The van der Waals surface area contributed by atoms with Gasteiger partial charge in [0.05, 0.1) is 5.69 Å². The number of benzene rings is 2. The van der Waals surface area contributed by atoms with E-state index < -0.39 is 10.0 Å². The van der Waals surface area contributed by atoms with Crippen molar-refractivity contribution >= 4 is 27.2 Å². The van der Waals surface area contributed by atoms with E-state index in [4.69, 9.17) is 5.73 Å². The summed E-state index contributed by atoms with van der Waals surface area (Å²) < 4.78 is 27.3. The van der Waals surface area contributed by atoms with Crippen LogP contribution in [0.2, 0.25) is 0 Å². The second-order valence-electron chi connectivity index (χ2n) is 4.74. The molecule has 0 amide bonds. The Bertz CT molecular complexity index is 778. The molecule has 0 aliphatic heterocycles. The van der Waals surface area contributed by atoms with E-state index >= 15 is 0 Å². The van der Waals surface area contributed by atoms with Gasteiger partial charge in [-0.2, -0.15) is 0 Å². The lowest BCUT2D eigenvalue weighted by molar-refractivity contribution is 0.101. The number of nitrogens with one attached hydrogen (secondary N) is 1. The second kappa shape index (κ2) is 5.57. The molecule has 0 bridgehead atoms. The van der Waals surface area contributed by atoms with E-state index in [2.05, 4.69) is 4.72 Å². The molecule has 21 heavy (non-hydrogen) atoms. The number of aryl methyl sites for hydroxylation is 1. The number of carbonyl (C=O) groups is 1. The zero-order chi connectivity index (χ0) is 15.6. The van der Waals surface area contributed by atoms with Gasteiger partial charge in [0.25, 0.3) is 10.0 Å². The van der Waals surface area contributed by atoms with Gasteiger partial charge in [-0.25, -0.2) is 8.42 Å². The molecule has 0 fully saturated rings. The maximum Gasteiger partial charge on any atom is 0.264 e. The van der Waals surface area contributed by atoms with Gasteiger partial charge in [0, 0.05) is 11.3 Å². The van der Waals surface area contributed by atoms with E-state index in [9.17, 15) is 13.2 Å². The molecule has 110 valence electrons. The summed E-state index contributed by atoms with van der Waals surface area (Å²) in [6.07, 6.45) is 0. The first-order valence-corrected chi connectivity index (χ1v) is 7.78. The van der Waals surface area contributed by atoms with Crippen molar-refractivity contribution in [1.29, 1.82) is 0 Å². The molecule has 0 aromatic heterocycles. The number of sulfonamides is 1. The molecule has 0 saturated heterocycles. The molecule has 3 N–H and O–H groups in total. The highest BCUT2D eigenvalue weighted by molar-refractivity contribution is 7.93. The molecule has 5 nitrogen and oxygen atoms in total. The standard InChI is InChI=1S/C15H16N2O3S/c1-10-5-3-8-14(16)15(10)21(19,20)17-13-7-4-6-12(9-13)11(2)18/h3-9,17H,16H2,1-2H3. The normalized spacial score (nSPS) is 11.1. The van der Waals surface area contributed by atoms with Crippen LogP contribution >= 0.6 is 0 Å². The van der Waals surface area contributed by atoms with Gasteiger partial charge in [0.2, 0.25) is 0 Å². The summed E-state index contributed by atoms with van der Waals surface area (Å²) in [4.78, 5) is 11.4. The van der Waals surface area contributed by atoms with Crippen LogP contribution in [0.3, 0.4) is 0 Å². The highest BCUT2D eigenvalue weighted by Gasteiger charge is 2.20. The van der Waals surface area contributed by atoms with Crippen LogP contribution in [-0.4, -0.2) is 14.2 Å². The van der Waals surface area contributed by atoms with Crippen molar-refractivity contribution in [2.45, 2.75) is 18.7 Å². The highest BCUT2D eigenvalue weighted by atomic mass is 32.2. The fourth-order valence-electron chi connectivity index (χ4n) is 2.05. The van der Waals surface area contributed by atoms with Crippen molar-refractivity contribution in [3.05, 3.63) is 53.6 Å². The largest absolute Gasteiger partial charge is 0.398 e. The maximum atomic E-state index is 12.4. The second-order valence-corrected chi connectivity index (χ2v) is 6.35. The maximum absolute atomic E-state index is 12.4. The first-order valence-electron chi connectivity index (χ1n) is 6.30. The summed E-state index contributed by atoms with van der Waals surface area (Å²) in [5, 5.41) is 0. The third-order valence-corrected chi connectivity index (χ3v) is 4.63. The molecule has 0 atom stereocenters. The number of hydrogen-bond acceptors (Lipinski definition) is 4. The third-order valence-electron chi connectivity index (χ3n) is 3.03. The SMILES string of the molecule is CC(=O)c1cccc(NS(=O)(=O)c2c(C)cccc2N)c1. The van der Waals surface area contributed by atoms with Gasteiger partial charge in [0.15, 0.2) is 5.78 Å². The summed E-state index contributed by atoms with van der Waals surface area (Å²) in [7, 11) is -3.80. The van der Waals surface area contributed by atoms with Crippen molar-refractivity contribution in [3.63, 3.8) is 0 Å².